The summed E-state index contributed by atoms with van der Waals surface area (Å²) in [6, 6.07) is 6.71. The third-order valence-corrected chi connectivity index (χ3v) is 7.56. The summed E-state index contributed by atoms with van der Waals surface area (Å²) in [6.07, 6.45) is 4.56. The molecule has 5 rings (SSSR count). The fourth-order valence-electron chi connectivity index (χ4n) is 4.65. The number of carbonyl (C=O) groups excluding carboxylic acids is 1. The first kappa shape index (κ1) is 21.6. The van der Waals surface area contributed by atoms with Crippen molar-refractivity contribution >= 4 is 44.7 Å². The fraction of sp³-hybridized carbons (Fsp3) is 0.435. The van der Waals surface area contributed by atoms with Gasteiger partial charge in [-0.2, -0.15) is 0 Å². The summed E-state index contributed by atoms with van der Waals surface area (Å²) >= 11 is 1.73. The molecule has 172 valence electrons. The second-order valence-electron chi connectivity index (χ2n) is 8.36. The van der Waals surface area contributed by atoms with E-state index in [0.29, 0.717) is 5.82 Å². The largest absolute Gasteiger partial charge is 0.469 e. The SMILES string of the molecule is COC(=O)Cc1nc(N2CCN(c3ccc([N+](=O)[O-])cc3)CC2)c2c3c(sc2n1)CCCC3. The van der Waals surface area contributed by atoms with E-state index in [4.69, 9.17) is 14.7 Å². The number of fused-ring (bicyclic) bond motifs is 3. The van der Waals surface area contributed by atoms with Gasteiger partial charge in [-0.25, -0.2) is 9.97 Å². The van der Waals surface area contributed by atoms with E-state index in [1.807, 2.05) is 0 Å². The van der Waals surface area contributed by atoms with Crippen LogP contribution in [0.5, 0.6) is 0 Å². The van der Waals surface area contributed by atoms with Gasteiger partial charge in [-0.05, 0) is 43.4 Å². The molecule has 0 unspecified atom stereocenters. The highest BCUT2D eigenvalue weighted by molar-refractivity contribution is 7.19. The highest BCUT2D eigenvalue weighted by atomic mass is 32.1. The molecule has 1 aromatic carbocycles. The number of non-ortho nitro benzene ring substituents is 1. The third kappa shape index (κ3) is 4.22. The van der Waals surface area contributed by atoms with E-state index in [9.17, 15) is 14.9 Å². The van der Waals surface area contributed by atoms with Crippen LogP contribution in [0.4, 0.5) is 17.2 Å². The molecule has 0 atom stereocenters. The fourth-order valence-corrected chi connectivity index (χ4v) is 5.93. The van der Waals surface area contributed by atoms with Gasteiger partial charge in [0.25, 0.3) is 5.69 Å². The number of thiophene rings is 1. The maximum absolute atomic E-state index is 11.9. The van der Waals surface area contributed by atoms with Gasteiger partial charge >= 0.3 is 5.97 Å². The molecular formula is C23H25N5O4S. The number of nitrogens with zero attached hydrogens (tertiary/aromatic N) is 5. The van der Waals surface area contributed by atoms with Crippen LogP contribution in [0, 0.1) is 10.1 Å². The van der Waals surface area contributed by atoms with Crippen LogP contribution in [-0.4, -0.2) is 54.1 Å². The Balaban J connectivity index is 1.43. The van der Waals surface area contributed by atoms with Crippen molar-refractivity contribution in [2.75, 3.05) is 43.1 Å². The maximum Gasteiger partial charge on any atom is 0.313 e. The zero-order valence-corrected chi connectivity index (χ0v) is 19.3. The summed E-state index contributed by atoms with van der Waals surface area (Å²) in [4.78, 5) is 38.9. The summed E-state index contributed by atoms with van der Waals surface area (Å²) < 4.78 is 4.84. The molecule has 0 bridgehead atoms. The van der Waals surface area contributed by atoms with E-state index in [1.165, 1.54) is 30.4 Å². The van der Waals surface area contributed by atoms with Gasteiger partial charge in [0.2, 0.25) is 0 Å². The zero-order valence-electron chi connectivity index (χ0n) is 18.5. The van der Waals surface area contributed by atoms with Gasteiger partial charge in [-0.3, -0.25) is 14.9 Å². The number of carbonyl (C=O) groups is 1. The molecule has 0 spiro atoms. The highest BCUT2D eigenvalue weighted by Gasteiger charge is 2.27. The summed E-state index contributed by atoms with van der Waals surface area (Å²) in [5, 5.41) is 12.1. The van der Waals surface area contributed by atoms with Crippen LogP contribution >= 0.6 is 11.3 Å². The van der Waals surface area contributed by atoms with Crippen LogP contribution in [-0.2, 0) is 28.8 Å². The number of benzene rings is 1. The molecule has 0 radical (unpaired) electrons. The number of anilines is 2. The quantitative estimate of drug-likeness (QED) is 0.319. The number of aryl methyl sites for hydroxylation is 2. The minimum Gasteiger partial charge on any atom is -0.469 e. The summed E-state index contributed by atoms with van der Waals surface area (Å²) in [7, 11) is 1.38. The minimum atomic E-state index is -0.379. The summed E-state index contributed by atoms with van der Waals surface area (Å²) in [5.41, 5.74) is 2.45. The molecule has 1 aliphatic carbocycles. The Morgan fingerprint density at radius 2 is 1.79 bits per heavy atom. The molecule has 2 aliphatic rings. The van der Waals surface area contributed by atoms with Crippen molar-refractivity contribution in [2.24, 2.45) is 0 Å². The first-order valence-electron chi connectivity index (χ1n) is 11.2. The Bertz CT molecular complexity index is 1200. The average molecular weight is 468 g/mol. The minimum absolute atomic E-state index is 0.0603. The number of esters is 1. The molecule has 1 saturated heterocycles. The van der Waals surface area contributed by atoms with Gasteiger partial charge in [-0.15, -0.1) is 11.3 Å². The predicted molar refractivity (Wildman–Crippen MR) is 127 cm³/mol. The molecule has 1 aliphatic heterocycles. The van der Waals surface area contributed by atoms with Gasteiger partial charge in [0, 0.05) is 48.9 Å². The monoisotopic (exact) mass is 467 g/mol. The molecule has 0 saturated carbocycles. The number of piperazine rings is 1. The van der Waals surface area contributed by atoms with Crippen LogP contribution in [0.15, 0.2) is 24.3 Å². The number of hydrogen-bond acceptors (Lipinski definition) is 9. The number of ether oxygens (including phenoxy) is 1. The molecular weight excluding hydrogens is 442 g/mol. The Morgan fingerprint density at radius 3 is 2.48 bits per heavy atom. The van der Waals surface area contributed by atoms with Crippen LogP contribution in [0.1, 0.15) is 29.1 Å². The number of methoxy groups -OCH3 is 1. The summed E-state index contributed by atoms with van der Waals surface area (Å²) in [6.45, 7) is 3.10. The second-order valence-corrected chi connectivity index (χ2v) is 9.44. The first-order chi connectivity index (χ1) is 16.0. The lowest BCUT2D eigenvalue weighted by molar-refractivity contribution is -0.384. The van der Waals surface area contributed by atoms with E-state index in [-0.39, 0.29) is 23.0 Å². The van der Waals surface area contributed by atoms with Crippen LogP contribution in [0.2, 0.25) is 0 Å². The van der Waals surface area contributed by atoms with Crippen molar-refractivity contribution in [2.45, 2.75) is 32.1 Å². The van der Waals surface area contributed by atoms with Gasteiger partial charge < -0.3 is 14.5 Å². The molecule has 3 aromatic rings. The van der Waals surface area contributed by atoms with Crippen molar-refractivity contribution in [1.29, 1.82) is 0 Å². The van der Waals surface area contributed by atoms with Gasteiger partial charge in [0.1, 0.15) is 22.9 Å². The Morgan fingerprint density at radius 1 is 1.09 bits per heavy atom. The molecule has 1 fully saturated rings. The van der Waals surface area contributed by atoms with Crippen LogP contribution in [0.3, 0.4) is 0 Å². The summed E-state index contributed by atoms with van der Waals surface area (Å²) in [5.74, 6) is 1.08. The molecule has 33 heavy (non-hydrogen) atoms. The lowest BCUT2D eigenvalue weighted by atomic mass is 9.97. The van der Waals surface area contributed by atoms with Crippen LogP contribution < -0.4 is 9.80 Å². The van der Waals surface area contributed by atoms with Crippen molar-refractivity contribution in [3.05, 3.63) is 50.6 Å². The Labute approximate surface area is 195 Å². The Hall–Kier alpha value is -3.27. The van der Waals surface area contributed by atoms with E-state index < -0.39 is 0 Å². The maximum atomic E-state index is 11.9. The number of nitro groups is 1. The van der Waals surface area contributed by atoms with Crippen molar-refractivity contribution in [3.63, 3.8) is 0 Å². The van der Waals surface area contributed by atoms with Gasteiger partial charge in [-0.1, -0.05) is 0 Å². The average Bonchev–Trinajstić information content (AvgIpc) is 3.22. The lowest BCUT2D eigenvalue weighted by Gasteiger charge is -2.37. The third-order valence-electron chi connectivity index (χ3n) is 6.38. The molecule has 10 heteroatoms. The molecule has 2 aromatic heterocycles. The van der Waals surface area contributed by atoms with E-state index in [2.05, 4.69) is 9.80 Å². The van der Waals surface area contributed by atoms with Crippen molar-refractivity contribution in [3.8, 4) is 0 Å². The van der Waals surface area contributed by atoms with Gasteiger partial charge in [0.15, 0.2) is 0 Å². The van der Waals surface area contributed by atoms with Crippen molar-refractivity contribution in [1.82, 2.24) is 9.97 Å². The normalized spacial score (nSPS) is 16.0. The molecule has 3 heterocycles. The highest BCUT2D eigenvalue weighted by Crippen LogP contribution is 2.40. The number of aromatic nitrogens is 2. The lowest BCUT2D eigenvalue weighted by Crippen LogP contribution is -2.47. The van der Waals surface area contributed by atoms with Crippen molar-refractivity contribution < 1.29 is 14.5 Å². The Kier molecular flexibility index (Phi) is 5.84. The number of hydrogen-bond donors (Lipinski definition) is 0. The first-order valence-corrected chi connectivity index (χ1v) is 12.0. The number of rotatable bonds is 5. The smallest absolute Gasteiger partial charge is 0.313 e. The topological polar surface area (TPSA) is 102 Å². The van der Waals surface area contributed by atoms with Crippen LogP contribution in [0.25, 0.3) is 10.2 Å². The zero-order chi connectivity index (χ0) is 22.9. The molecule has 9 nitrogen and oxygen atoms in total. The molecule has 0 amide bonds. The molecule has 0 N–H and O–H groups in total. The van der Waals surface area contributed by atoms with E-state index >= 15 is 0 Å². The van der Waals surface area contributed by atoms with Gasteiger partial charge in [0.05, 0.1) is 17.4 Å². The standard InChI is InChI=1S/C23H25N5O4S/c1-32-20(29)14-19-24-22(21-17-4-2-3-5-18(17)33-23(21)25-19)27-12-10-26(11-13-27)15-6-8-16(9-7-15)28(30)31/h6-9H,2-5,10-14H2,1H3. The van der Waals surface area contributed by atoms with E-state index in [1.54, 1.807) is 35.6 Å². The van der Waals surface area contributed by atoms with E-state index in [0.717, 1.165) is 60.7 Å². The predicted octanol–water partition coefficient (Wildman–Crippen LogP) is 3.52. The second kappa shape index (κ2) is 8.93. The number of nitro benzene ring substituents is 1.